The van der Waals surface area contributed by atoms with Crippen LogP contribution in [0, 0.1) is 18.3 Å². The first-order valence-corrected chi connectivity index (χ1v) is 14.7. The van der Waals surface area contributed by atoms with Crippen LogP contribution in [0.4, 0.5) is 0 Å². The van der Waals surface area contributed by atoms with Crippen LogP contribution in [0.2, 0.25) is 0 Å². The van der Waals surface area contributed by atoms with E-state index in [1.54, 1.807) is 19.9 Å². The number of nitrogens with two attached hydrogens (primary N) is 1. The van der Waals surface area contributed by atoms with Crippen molar-refractivity contribution in [3.63, 3.8) is 0 Å². The molecule has 0 aromatic heterocycles. The van der Waals surface area contributed by atoms with Crippen LogP contribution in [0.3, 0.4) is 0 Å². The van der Waals surface area contributed by atoms with Gasteiger partial charge in [0.1, 0.15) is 5.84 Å². The van der Waals surface area contributed by atoms with Crippen LogP contribution in [0.25, 0.3) is 0 Å². The van der Waals surface area contributed by atoms with E-state index in [-0.39, 0.29) is 5.84 Å². The van der Waals surface area contributed by atoms with Gasteiger partial charge in [-0.25, -0.2) is 8.42 Å². The number of rotatable bonds is 13. The molecule has 0 unspecified atom stereocenters. The molecule has 0 radical (unpaired) electrons. The van der Waals surface area contributed by atoms with Crippen molar-refractivity contribution in [3.05, 3.63) is 81.9 Å². The summed E-state index contributed by atoms with van der Waals surface area (Å²) in [6.45, 7) is 12.6. The van der Waals surface area contributed by atoms with Gasteiger partial charge in [-0.15, -0.1) is 12.8 Å². The molecular weight excluding hydrogens is 492 g/mol. The van der Waals surface area contributed by atoms with E-state index in [9.17, 15) is 8.42 Å². The molecule has 0 aliphatic carbocycles. The van der Waals surface area contributed by atoms with Crippen molar-refractivity contribution in [2.75, 3.05) is 33.4 Å². The number of likely N-dealkylation sites (N-methyl/N-ethyl adjacent to an activating group) is 1. The van der Waals surface area contributed by atoms with Crippen molar-refractivity contribution in [2.24, 2.45) is 5.73 Å². The SMILES string of the molecule is C#C.C/C=C(\C)C/C=C\C(=C/CC)N(C)CCCN(C)Cc1cccc(C(=N)N)c1.C/C=C(\C)S(C)(=O)=O. The molecule has 1 rings (SSSR count). The maximum absolute atomic E-state index is 10.5. The van der Waals surface area contributed by atoms with Crippen LogP contribution in [-0.2, 0) is 16.4 Å². The number of amidine groups is 1. The van der Waals surface area contributed by atoms with Crippen LogP contribution in [-0.4, -0.2) is 57.5 Å². The molecule has 0 aliphatic heterocycles. The maximum atomic E-state index is 10.5. The molecule has 0 fully saturated rings. The molecule has 1 aromatic carbocycles. The second-order valence-electron chi connectivity index (χ2n) is 9.08. The van der Waals surface area contributed by atoms with Gasteiger partial charge in [-0.05, 0) is 78.3 Å². The molecule has 0 heterocycles. The molecule has 0 spiro atoms. The van der Waals surface area contributed by atoms with E-state index in [0.717, 1.165) is 44.5 Å². The van der Waals surface area contributed by atoms with Gasteiger partial charge < -0.3 is 15.5 Å². The smallest absolute Gasteiger partial charge is 0.171 e. The zero-order valence-electron chi connectivity index (χ0n) is 24.8. The largest absolute Gasteiger partial charge is 0.384 e. The zero-order chi connectivity index (χ0) is 29.7. The quantitative estimate of drug-likeness (QED) is 0.103. The van der Waals surface area contributed by atoms with Crippen molar-refractivity contribution in [1.82, 2.24) is 9.80 Å². The van der Waals surface area contributed by atoms with Gasteiger partial charge in [0.05, 0.1) is 0 Å². The van der Waals surface area contributed by atoms with Gasteiger partial charge in [0.15, 0.2) is 9.84 Å². The molecule has 0 bridgehead atoms. The number of nitrogen functional groups attached to an aromatic ring is 1. The Labute approximate surface area is 233 Å². The number of benzene rings is 1. The number of sulfone groups is 1. The van der Waals surface area contributed by atoms with Gasteiger partial charge >= 0.3 is 0 Å². The predicted octanol–water partition coefficient (Wildman–Crippen LogP) is 6.13. The van der Waals surface area contributed by atoms with Gasteiger partial charge in [-0.1, -0.05) is 55.0 Å². The topological polar surface area (TPSA) is 90.5 Å². The molecule has 7 heteroatoms. The first-order valence-electron chi connectivity index (χ1n) is 12.8. The Morgan fingerprint density at radius 2 is 1.74 bits per heavy atom. The summed E-state index contributed by atoms with van der Waals surface area (Å²) >= 11 is 0. The highest BCUT2D eigenvalue weighted by molar-refractivity contribution is 7.94. The molecule has 0 saturated carbocycles. The fraction of sp³-hybridized carbons (Fsp3) is 0.452. The summed E-state index contributed by atoms with van der Waals surface area (Å²) < 4.78 is 21.0. The summed E-state index contributed by atoms with van der Waals surface area (Å²) in [5, 5.41) is 7.57. The summed E-state index contributed by atoms with van der Waals surface area (Å²) in [6.07, 6.45) is 22.9. The van der Waals surface area contributed by atoms with Crippen LogP contribution in [0.15, 0.2) is 70.8 Å². The lowest BCUT2D eigenvalue weighted by atomic mass is 10.1. The molecule has 0 saturated heterocycles. The van der Waals surface area contributed by atoms with Crippen LogP contribution in [0.1, 0.15) is 65.0 Å². The Hall–Kier alpha value is -3.08. The number of allylic oxidation sites excluding steroid dienone is 7. The first-order chi connectivity index (χ1) is 17.8. The molecule has 212 valence electrons. The normalized spacial score (nSPS) is 12.4. The molecule has 0 aliphatic rings. The van der Waals surface area contributed by atoms with E-state index in [0.29, 0.717) is 4.91 Å². The van der Waals surface area contributed by atoms with E-state index in [1.807, 2.05) is 18.2 Å². The average Bonchev–Trinajstić information content (AvgIpc) is 2.88. The Morgan fingerprint density at radius 3 is 2.21 bits per heavy atom. The number of hydrogen-bond donors (Lipinski definition) is 2. The van der Waals surface area contributed by atoms with E-state index in [2.05, 4.69) is 87.9 Å². The van der Waals surface area contributed by atoms with Crippen molar-refractivity contribution >= 4 is 15.7 Å². The van der Waals surface area contributed by atoms with E-state index >= 15 is 0 Å². The molecule has 38 heavy (non-hydrogen) atoms. The molecule has 0 atom stereocenters. The van der Waals surface area contributed by atoms with E-state index in [1.165, 1.54) is 23.1 Å². The Bertz CT molecular complexity index is 1080. The summed E-state index contributed by atoms with van der Waals surface area (Å²) in [6, 6.07) is 7.95. The Morgan fingerprint density at radius 1 is 1.11 bits per heavy atom. The van der Waals surface area contributed by atoms with Crippen LogP contribution >= 0.6 is 0 Å². The summed E-state index contributed by atoms with van der Waals surface area (Å²) in [4.78, 5) is 5.09. The van der Waals surface area contributed by atoms with Gasteiger partial charge in [0.25, 0.3) is 0 Å². The third-order valence-corrected chi connectivity index (χ3v) is 7.20. The van der Waals surface area contributed by atoms with E-state index < -0.39 is 9.84 Å². The second-order valence-corrected chi connectivity index (χ2v) is 11.3. The number of hydrogen-bond acceptors (Lipinski definition) is 5. The third kappa shape index (κ3) is 17.4. The van der Waals surface area contributed by atoms with E-state index in [4.69, 9.17) is 11.1 Å². The number of nitrogens with one attached hydrogen (secondary N) is 1. The van der Waals surface area contributed by atoms with Gasteiger partial charge in [0.2, 0.25) is 0 Å². The predicted molar refractivity (Wildman–Crippen MR) is 167 cm³/mol. The van der Waals surface area contributed by atoms with Gasteiger partial charge in [0, 0.05) is 42.6 Å². The molecule has 6 nitrogen and oxygen atoms in total. The van der Waals surface area contributed by atoms with Crippen molar-refractivity contribution in [3.8, 4) is 12.8 Å². The number of nitrogens with zero attached hydrogens (tertiary/aromatic N) is 2. The zero-order valence-corrected chi connectivity index (χ0v) is 25.6. The van der Waals surface area contributed by atoms with Crippen molar-refractivity contribution < 1.29 is 8.42 Å². The highest BCUT2D eigenvalue weighted by Gasteiger charge is 2.05. The Balaban J connectivity index is 0. The molecular formula is C31H50N4O2S. The minimum Gasteiger partial charge on any atom is -0.384 e. The molecule has 3 N–H and O–H groups in total. The summed E-state index contributed by atoms with van der Waals surface area (Å²) in [5.41, 5.74) is 10.3. The fourth-order valence-corrected chi connectivity index (χ4v) is 3.62. The minimum absolute atomic E-state index is 0.124. The Kier molecular flexibility index (Phi) is 20.4. The minimum atomic E-state index is -2.89. The third-order valence-electron chi connectivity index (χ3n) is 5.79. The van der Waals surface area contributed by atoms with Crippen molar-refractivity contribution in [2.45, 2.75) is 60.4 Å². The summed E-state index contributed by atoms with van der Waals surface area (Å²) in [5.74, 6) is 0.124. The van der Waals surface area contributed by atoms with Gasteiger partial charge in [-0.2, -0.15) is 0 Å². The highest BCUT2D eigenvalue weighted by atomic mass is 32.2. The molecule has 1 aromatic rings. The van der Waals surface area contributed by atoms with Crippen molar-refractivity contribution in [1.29, 1.82) is 5.41 Å². The molecule has 0 amide bonds. The maximum Gasteiger partial charge on any atom is 0.171 e. The van der Waals surface area contributed by atoms with Crippen LogP contribution in [0.5, 0.6) is 0 Å². The summed E-state index contributed by atoms with van der Waals surface area (Å²) in [7, 11) is 1.42. The van der Waals surface area contributed by atoms with Crippen LogP contribution < -0.4 is 5.73 Å². The average molecular weight is 543 g/mol. The number of terminal acetylenes is 1. The highest BCUT2D eigenvalue weighted by Crippen LogP contribution is 2.11. The lowest BCUT2D eigenvalue weighted by Gasteiger charge is -2.23. The lowest BCUT2D eigenvalue weighted by Crippen LogP contribution is -2.25. The first kappa shape index (κ1) is 37.1. The van der Waals surface area contributed by atoms with Gasteiger partial charge in [-0.3, -0.25) is 5.41 Å². The lowest BCUT2D eigenvalue weighted by molar-refractivity contribution is 0.298. The second kappa shape index (κ2) is 20.9. The fourth-order valence-electron chi connectivity index (χ4n) is 3.19. The standard InChI is InChI=1S/C24H38N4.C5H10O2S.C2H2/c1-6-11-23(15-8-12-20(3)7-2)28(5)17-10-16-27(4)19-21-13-9-14-22(18-21)24(25)26;1-4-5(2)8(3,6)7;1-2/h7-9,11,13-15,18H,6,10,12,16-17,19H2,1-5H3,(H3,25,26);4H,1-3H3;1-2H/b15-8-,20-7+,23-11+;5-4+;. The monoisotopic (exact) mass is 542 g/mol.